The Hall–Kier alpha value is -1.90. The number of amides is 1. The van der Waals surface area contributed by atoms with Gasteiger partial charge in [0, 0.05) is 17.5 Å². The van der Waals surface area contributed by atoms with E-state index in [2.05, 4.69) is 15.6 Å². The lowest BCUT2D eigenvalue weighted by atomic mass is 9.95. The molecule has 2 heterocycles. The van der Waals surface area contributed by atoms with E-state index in [1.807, 2.05) is 13.0 Å². The van der Waals surface area contributed by atoms with Gasteiger partial charge in [0.25, 0.3) is 0 Å². The van der Waals surface area contributed by atoms with Gasteiger partial charge in [0.05, 0.1) is 5.69 Å². The summed E-state index contributed by atoms with van der Waals surface area (Å²) in [6, 6.07) is 7.02. The van der Waals surface area contributed by atoms with Crippen LogP contribution in [-0.4, -0.2) is 43.4 Å². The summed E-state index contributed by atoms with van der Waals surface area (Å²) < 4.78 is 28.6. The van der Waals surface area contributed by atoms with Crippen molar-refractivity contribution in [1.29, 1.82) is 0 Å². The SMILES string of the molecule is Cc1coc(-c2cccc(NC(=O)C3(S(C)(=O)=O)CCNCC3)c2)n1.Cl. The first-order chi connectivity index (χ1) is 11.8. The zero-order valence-corrected chi connectivity index (χ0v) is 16.2. The number of rotatable bonds is 4. The van der Waals surface area contributed by atoms with Crippen LogP contribution in [0.15, 0.2) is 34.9 Å². The molecule has 1 saturated heterocycles. The molecular formula is C17H22ClN3O4S. The van der Waals surface area contributed by atoms with Crippen LogP contribution in [0, 0.1) is 6.92 Å². The number of aromatic nitrogens is 1. The topological polar surface area (TPSA) is 101 Å². The summed E-state index contributed by atoms with van der Waals surface area (Å²) >= 11 is 0. The van der Waals surface area contributed by atoms with Crippen molar-refractivity contribution in [2.75, 3.05) is 24.7 Å². The summed E-state index contributed by atoms with van der Waals surface area (Å²) in [7, 11) is -3.55. The molecule has 0 unspecified atom stereocenters. The molecule has 1 amide bonds. The molecule has 1 aliphatic rings. The quantitative estimate of drug-likeness (QED) is 0.817. The maximum atomic E-state index is 12.8. The van der Waals surface area contributed by atoms with Gasteiger partial charge in [-0.15, -0.1) is 12.4 Å². The molecule has 1 aromatic heterocycles. The van der Waals surface area contributed by atoms with E-state index < -0.39 is 20.5 Å². The molecule has 3 rings (SSSR count). The summed E-state index contributed by atoms with van der Waals surface area (Å²) in [5.41, 5.74) is 1.99. The van der Waals surface area contributed by atoms with E-state index in [-0.39, 0.29) is 25.2 Å². The van der Waals surface area contributed by atoms with Crippen LogP contribution in [0.5, 0.6) is 0 Å². The normalized spacial score (nSPS) is 16.5. The number of oxazole rings is 1. The fourth-order valence-corrected chi connectivity index (χ4v) is 4.39. The Morgan fingerprint density at radius 3 is 2.58 bits per heavy atom. The number of aryl methyl sites for hydroxylation is 1. The molecule has 0 bridgehead atoms. The van der Waals surface area contributed by atoms with Crippen molar-refractivity contribution < 1.29 is 17.6 Å². The molecule has 0 spiro atoms. The lowest BCUT2D eigenvalue weighted by molar-refractivity contribution is -0.119. The fraction of sp³-hybridized carbons (Fsp3) is 0.412. The minimum Gasteiger partial charge on any atom is -0.444 e. The van der Waals surface area contributed by atoms with E-state index >= 15 is 0 Å². The van der Waals surface area contributed by atoms with Crippen molar-refractivity contribution in [3.05, 3.63) is 36.2 Å². The van der Waals surface area contributed by atoms with Crippen molar-refractivity contribution in [2.45, 2.75) is 24.5 Å². The van der Waals surface area contributed by atoms with Gasteiger partial charge in [-0.05, 0) is 51.1 Å². The summed E-state index contributed by atoms with van der Waals surface area (Å²) in [6.07, 6.45) is 3.20. The molecule has 1 aromatic carbocycles. The third-order valence-corrected chi connectivity index (χ3v) is 6.53. The van der Waals surface area contributed by atoms with Gasteiger partial charge in [-0.25, -0.2) is 13.4 Å². The molecule has 26 heavy (non-hydrogen) atoms. The van der Waals surface area contributed by atoms with Gasteiger partial charge in [-0.2, -0.15) is 0 Å². The summed E-state index contributed by atoms with van der Waals surface area (Å²) in [5.74, 6) is -0.0365. The third kappa shape index (κ3) is 3.92. The number of hydrogen-bond acceptors (Lipinski definition) is 6. The van der Waals surface area contributed by atoms with E-state index in [4.69, 9.17) is 4.42 Å². The molecule has 7 nitrogen and oxygen atoms in total. The maximum Gasteiger partial charge on any atom is 0.245 e. The number of hydrogen-bond donors (Lipinski definition) is 2. The number of sulfone groups is 1. The first-order valence-electron chi connectivity index (χ1n) is 8.06. The van der Waals surface area contributed by atoms with Crippen molar-refractivity contribution >= 4 is 33.8 Å². The molecule has 0 saturated carbocycles. The van der Waals surface area contributed by atoms with Crippen molar-refractivity contribution in [3.63, 3.8) is 0 Å². The van der Waals surface area contributed by atoms with Gasteiger partial charge in [0.2, 0.25) is 11.8 Å². The van der Waals surface area contributed by atoms with Gasteiger partial charge in [0.15, 0.2) is 14.6 Å². The smallest absolute Gasteiger partial charge is 0.245 e. The first kappa shape index (κ1) is 20.4. The number of anilines is 1. The van der Waals surface area contributed by atoms with Crippen molar-refractivity contribution in [2.24, 2.45) is 0 Å². The number of benzene rings is 1. The van der Waals surface area contributed by atoms with Crippen LogP contribution >= 0.6 is 12.4 Å². The van der Waals surface area contributed by atoms with E-state index in [0.717, 1.165) is 11.9 Å². The second-order valence-corrected chi connectivity index (χ2v) is 8.67. The third-order valence-electron chi connectivity index (χ3n) is 4.52. The molecule has 9 heteroatoms. The Balaban J connectivity index is 0.00000243. The average molecular weight is 400 g/mol. The minimum absolute atomic E-state index is 0. The van der Waals surface area contributed by atoms with Crippen LogP contribution in [0.4, 0.5) is 5.69 Å². The molecule has 2 aromatic rings. The highest BCUT2D eigenvalue weighted by Gasteiger charge is 2.48. The fourth-order valence-electron chi connectivity index (χ4n) is 3.06. The van der Waals surface area contributed by atoms with Crippen LogP contribution in [0.1, 0.15) is 18.5 Å². The van der Waals surface area contributed by atoms with Crippen LogP contribution < -0.4 is 10.6 Å². The number of nitrogens with one attached hydrogen (secondary N) is 2. The van der Waals surface area contributed by atoms with Crippen molar-refractivity contribution in [1.82, 2.24) is 10.3 Å². The Morgan fingerprint density at radius 2 is 2.00 bits per heavy atom. The predicted molar refractivity (Wildman–Crippen MR) is 102 cm³/mol. The van der Waals surface area contributed by atoms with Gasteiger partial charge < -0.3 is 15.1 Å². The first-order valence-corrected chi connectivity index (χ1v) is 9.95. The van der Waals surface area contributed by atoms with E-state index in [9.17, 15) is 13.2 Å². The minimum atomic E-state index is -3.55. The standard InChI is InChI=1S/C17H21N3O4S.ClH/c1-12-11-24-15(19-12)13-4-3-5-14(10-13)20-16(21)17(25(2,22)23)6-8-18-9-7-17;/h3-5,10-11,18H,6-9H2,1-2H3,(H,20,21);1H. The molecule has 0 atom stereocenters. The van der Waals surface area contributed by atoms with Gasteiger partial charge in [0.1, 0.15) is 6.26 Å². The zero-order valence-electron chi connectivity index (χ0n) is 14.6. The Bertz CT molecular complexity index is 889. The van der Waals surface area contributed by atoms with E-state index in [1.165, 1.54) is 0 Å². The van der Waals surface area contributed by atoms with Crippen molar-refractivity contribution in [3.8, 4) is 11.5 Å². The average Bonchev–Trinajstić information content (AvgIpc) is 3.01. The Labute approximate surface area is 158 Å². The number of halogens is 1. The van der Waals surface area contributed by atoms with Gasteiger partial charge in [-0.1, -0.05) is 6.07 Å². The summed E-state index contributed by atoms with van der Waals surface area (Å²) in [5, 5.41) is 5.86. The maximum absolute atomic E-state index is 12.8. The van der Waals surface area contributed by atoms with E-state index in [0.29, 0.717) is 30.2 Å². The zero-order chi connectivity index (χ0) is 18.1. The molecule has 142 valence electrons. The second-order valence-electron chi connectivity index (χ2n) is 6.35. The highest BCUT2D eigenvalue weighted by Crippen LogP contribution is 2.30. The second kappa shape index (κ2) is 7.77. The van der Waals surface area contributed by atoms with E-state index in [1.54, 1.807) is 24.5 Å². The predicted octanol–water partition coefficient (Wildman–Crippen LogP) is 2.18. The van der Waals surface area contributed by atoms with Crippen LogP contribution in [0.3, 0.4) is 0 Å². The number of piperidine rings is 1. The van der Waals surface area contributed by atoms with Crippen LogP contribution in [0.2, 0.25) is 0 Å². The van der Waals surface area contributed by atoms with Gasteiger partial charge in [-0.3, -0.25) is 4.79 Å². The summed E-state index contributed by atoms with van der Waals surface area (Å²) in [4.78, 5) is 17.1. The lowest BCUT2D eigenvalue weighted by Crippen LogP contribution is -2.55. The highest BCUT2D eigenvalue weighted by molar-refractivity contribution is 7.92. The molecule has 2 N–H and O–H groups in total. The highest BCUT2D eigenvalue weighted by atomic mass is 35.5. The van der Waals surface area contributed by atoms with Crippen LogP contribution in [0.25, 0.3) is 11.5 Å². The monoisotopic (exact) mass is 399 g/mol. The molecule has 1 fully saturated rings. The number of carbonyl (C=O) groups excluding carboxylic acids is 1. The Kier molecular flexibility index (Phi) is 6.10. The molecule has 0 radical (unpaired) electrons. The number of nitrogens with zero attached hydrogens (tertiary/aromatic N) is 1. The largest absolute Gasteiger partial charge is 0.444 e. The summed E-state index contributed by atoms with van der Waals surface area (Å²) in [6.45, 7) is 2.82. The number of carbonyl (C=O) groups is 1. The lowest BCUT2D eigenvalue weighted by Gasteiger charge is -2.34. The van der Waals surface area contributed by atoms with Crippen LogP contribution in [-0.2, 0) is 14.6 Å². The Morgan fingerprint density at radius 1 is 1.31 bits per heavy atom. The molecule has 0 aliphatic carbocycles. The molecular weight excluding hydrogens is 378 g/mol. The molecule has 1 aliphatic heterocycles. The van der Waals surface area contributed by atoms with Gasteiger partial charge >= 0.3 is 0 Å².